The van der Waals surface area contributed by atoms with Gasteiger partial charge in [-0.1, -0.05) is 6.58 Å². The Labute approximate surface area is 253 Å². The van der Waals surface area contributed by atoms with Gasteiger partial charge in [0.25, 0.3) is 0 Å². The van der Waals surface area contributed by atoms with Crippen molar-refractivity contribution in [1.29, 1.82) is 0 Å². The van der Waals surface area contributed by atoms with E-state index in [0.29, 0.717) is 30.0 Å². The molecule has 2 aromatic carbocycles. The zero-order valence-corrected chi connectivity index (χ0v) is 24.2. The van der Waals surface area contributed by atoms with Gasteiger partial charge in [0, 0.05) is 67.2 Å². The van der Waals surface area contributed by atoms with Gasteiger partial charge >= 0.3 is 0 Å². The van der Waals surface area contributed by atoms with Crippen molar-refractivity contribution >= 4 is 34.6 Å². The number of hydrogen-bond acceptors (Lipinski definition) is 7. The number of hydrogen-bond donors (Lipinski definition) is 3. The van der Waals surface area contributed by atoms with Crippen molar-refractivity contribution in [3.05, 3.63) is 108 Å². The van der Waals surface area contributed by atoms with E-state index in [1.807, 2.05) is 12.1 Å². The number of anilines is 3. The van der Waals surface area contributed by atoms with Gasteiger partial charge in [0.2, 0.25) is 11.8 Å². The van der Waals surface area contributed by atoms with Gasteiger partial charge in [-0.3, -0.25) is 9.59 Å². The van der Waals surface area contributed by atoms with Crippen molar-refractivity contribution in [2.24, 2.45) is 5.41 Å². The number of halogens is 2. The maximum Gasteiger partial charge on any atom is 0.240 e. The van der Waals surface area contributed by atoms with E-state index in [0.717, 1.165) is 49.2 Å². The molecule has 6 rings (SSSR count). The second kappa shape index (κ2) is 11.9. The fourth-order valence-corrected chi connectivity index (χ4v) is 5.04. The number of dihydropyridines is 1. The zero-order chi connectivity index (χ0) is 30.8. The Hall–Kier alpha value is -5.03. The van der Waals surface area contributed by atoms with E-state index in [1.165, 1.54) is 36.4 Å². The molecule has 2 amide bonds. The highest BCUT2D eigenvalue weighted by Crippen LogP contribution is 2.47. The third-order valence-corrected chi connectivity index (χ3v) is 8.03. The average molecular weight is 599 g/mol. The van der Waals surface area contributed by atoms with E-state index in [9.17, 15) is 14.0 Å². The van der Waals surface area contributed by atoms with Crippen molar-refractivity contribution in [3.63, 3.8) is 0 Å². The molecule has 1 saturated heterocycles. The van der Waals surface area contributed by atoms with Crippen LogP contribution in [0.3, 0.4) is 0 Å². The smallest absolute Gasteiger partial charge is 0.240 e. The van der Waals surface area contributed by atoms with Gasteiger partial charge in [0.15, 0.2) is 17.3 Å². The van der Waals surface area contributed by atoms with E-state index in [4.69, 9.17) is 4.74 Å². The van der Waals surface area contributed by atoms with E-state index in [2.05, 4.69) is 44.4 Å². The van der Waals surface area contributed by atoms with E-state index < -0.39 is 28.9 Å². The van der Waals surface area contributed by atoms with Crippen LogP contribution in [0.25, 0.3) is 5.57 Å². The fourth-order valence-electron chi connectivity index (χ4n) is 5.04. The maximum atomic E-state index is 15.1. The Bertz CT molecular complexity index is 1660. The Morgan fingerprint density at radius 2 is 1.64 bits per heavy atom. The number of pyridine rings is 1. The summed E-state index contributed by atoms with van der Waals surface area (Å²) in [5, 5.41) is 8.35. The summed E-state index contributed by atoms with van der Waals surface area (Å²) >= 11 is 0. The highest BCUT2D eigenvalue weighted by molar-refractivity contribution is 6.16. The number of amides is 2. The van der Waals surface area contributed by atoms with E-state index in [1.54, 1.807) is 18.5 Å². The molecule has 0 unspecified atom stereocenters. The van der Waals surface area contributed by atoms with Gasteiger partial charge < -0.3 is 30.5 Å². The molecule has 2 fully saturated rings. The first kappa shape index (κ1) is 29.1. The van der Waals surface area contributed by atoms with Crippen LogP contribution in [0.5, 0.6) is 5.75 Å². The highest BCUT2D eigenvalue weighted by atomic mass is 19.1. The summed E-state index contributed by atoms with van der Waals surface area (Å²) in [5.41, 5.74) is 1.41. The second-order valence-corrected chi connectivity index (χ2v) is 11.2. The molecule has 3 aromatic rings. The monoisotopic (exact) mass is 598 g/mol. The number of carbonyl (C=O) groups is 2. The third-order valence-electron chi connectivity index (χ3n) is 8.03. The zero-order valence-electron chi connectivity index (χ0n) is 24.2. The predicted molar refractivity (Wildman–Crippen MR) is 165 cm³/mol. The molecular formula is C33H32F2N6O3. The number of carbonyl (C=O) groups excluding carboxylic acids is 2. The molecule has 11 heteroatoms. The molecule has 9 nitrogen and oxygen atoms in total. The van der Waals surface area contributed by atoms with Crippen LogP contribution in [0.1, 0.15) is 18.4 Å². The summed E-state index contributed by atoms with van der Waals surface area (Å²) in [6.07, 6.45) is 6.05. The summed E-state index contributed by atoms with van der Waals surface area (Å²) in [6, 6.07) is 13.3. The summed E-state index contributed by atoms with van der Waals surface area (Å²) < 4.78 is 34.2. The topological polar surface area (TPSA) is 98.8 Å². The summed E-state index contributed by atoms with van der Waals surface area (Å²) in [7, 11) is 2.11. The van der Waals surface area contributed by atoms with E-state index in [-0.39, 0.29) is 11.4 Å². The first-order valence-electron chi connectivity index (χ1n) is 14.3. The molecule has 3 heterocycles. The van der Waals surface area contributed by atoms with Gasteiger partial charge in [-0.25, -0.2) is 13.8 Å². The Kier molecular flexibility index (Phi) is 7.88. The Morgan fingerprint density at radius 1 is 0.955 bits per heavy atom. The van der Waals surface area contributed by atoms with Crippen LogP contribution in [-0.2, 0) is 9.59 Å². The number of ether oxygens (including phenoxy) is 1. The lowest BCUT2D eigenvalue weighted by molar-refractivity contribution is -0.131. The number of benzene rings is 2. The molecule has 0 spiro atoms. The number of allylic oxidation sites excluding steroid dienone is 2. The van der Waals surface area contributed by atoms with Crippen LogP contribution in [0.4, 0.5) is 26.0 Å². The molecule has 0 bridgehead atoms. The van der Waals surface area contributed by atoms with E-state index >= 15 is 4.39 Å². The second-order valence-electron chi connectivity index (χ2n) is 11.2. The van der Waals surface area contributed by atoms with Crippen LogP contribution in [0, 0.1) is 17.0 Å². The van der Waals surface area contributed by atoms with Gasteiger partial charge in [-0.2, -0.15) is 0 Å². The Morgan fingerprint density at radius 3 is 2.27 bits per heavy atom. The van der Waals surface area contributed by atoms with Crippen molar-refractivity contribution in [1.82, 2.24) is 15.2 Å². The molecule has 3 N–H and O–H groups in total. The minimum atomic E-state index is -1.27. The third kappa shape index (κ3) is 6.18. The predicted octanol–water partition coefficient (Wildman–Crippen LogP) is 4.89. The lowest BCUT2D eigenvalue weighted by Crippen LogP contribution is -2.44. The Balaban J connectivity index is 1.09. The molecular weight excluding hydrogens is 566 g/mol. The molecule has 1 aliphatic carbocycles. The van der Waals surface area contributed by atoms with Crippen LogP contribution in [0.15, 0.2) is 91.1 Å². The number of piperazine rings is 1. The van der Waals surface area contributed by atoms with Gasteiger partial charge in [0.05, 0.1) is 5.70 Å². The standard InChI is InChI=1S/C33H32F2N6O3/c1-21-29(17-23(20-36-21)22-3-10-30(37-19-22)41-15-13-40(2)14-16-41)44-28-9-8-26(18-27(28)35)39-32(43)33(11-12-33)31(42)38-25-6-4-24(34)5-7-25/h3-10,17-20,36H,1,11-16H2,2H3,(H,38,42)(H,39,43). The van der Waals surface area contributed by atoms with Crippen molar-refractivity contribution in [2.75, 3.05) is 48.8 Å². The van der Waals surface area contributed by atoms with Crippen LogP contribution < -0.4 is 25.6 Å². The lowest BCUT2D eigenvalue weighted by Gasteiger charge is -2.33. The van der Waals surface area contributed by atoms with Gasteiger partial charge in [0.1, 0.15) is 17.1 Å². The van der Waals surface area contributed by atoms with Crippen molar-refractivity contribution in [3.8, 4) is 5.75 Å². The molecule has 226 valence electrons. The summed E-state index contributed by atoms with van der Waals surface area (Å²) in [4.78, 5) is 35.0. The molecule has 0 radical (unpaired) electrons. The van der Waals surface area contributed by atoms with Crippen LogP contribution in [-0.4, -0.2) is 54.9 Å². The largest absolute Gasteiger partial charge is 0.452 e. The number of rotatable bonds is 8. The van der Waals surface area contributed by atoms with Crippen LogP contribution >= 0.6 is 0 Å². The molecule has 0 atom stereocenters. The van der Waals surface area contributed by atoms with Crippen LogP contribution in [0.2, 0.25) is 0 Å². The molecule has 1 aromatic heterocycles. The first-order chi connectivity index (χ1) is 21.2. The molecule has 2 aliphatic heterocycles. The number of likely N-dealkylation sites (N-methyl/N-ethyl adjacent to an activating group) is 1. The minimum Gasteiger partial charge on any atom is -0.452 e. The average Bonchev–Trinajstić information content (AvgIpc) is 3.84. The lowest BCUT2D eigenvalue weighted by atomic mass is 10.0. The van der Waals surface area contributed by atoms with Gasteiger partial charge in [-0.15, -0.1) is 0 Å². The minimum absolute atomic E-state index is 0.0582. The highest BCUT2D eigenvalue weighted by Gasteiger charge is 2.56. The molecule has 1 saturated carbocycles. The number of nitrogens with one attached hydrogen (secondary N) is 3. The first-order valence-corrected chi connectivity index (χ1v) is 14.3. The van der Waals surface area contributed by atoms with Crippen molar-refractivity contribution in [2.45, 2.75) is 12.8 Å². The summed E-state index contributed by atoms with van der Waals surface area (Å²) in [6.45, 7) is 7.79. The fraction of sp³-hybridized carbons (Fsp3) is 0.242. The number of aromatic nitrogens is 1. The quantitative estimate of drug-likeness (QED) is 0.318. The SMILES string of the molecule is C=C1NC=C(c2ccc(N3CCN(C)CC3)nc2)C=C1Oc1ccc(NC(=O)C2(C(=O)Nc3ccc(F)cc3)CC2)cc1F. The molecule has 3 aliphatic rings. The number of nitrogens with zero attached hydrogens (tertiary/aromatic N) is 3. The normalized spacial score (nSPS) is 17.6. The van der Waals surface area contributed by atoms with Gasteiger partial charge in [-0.05, 0) is 74.5 Å². The summed E-state index contributed by atoms with van der Waals surface area (Å²) in [5.74, 6) is -0.979. The van der Waals surface area contributed by atoms with Crippen molar-refractivity contribution < 1.29 is 23.1 Å². The molecule has 44 heavy (non-hydrogen) atoms. The maximum absolute atomic E-state index is 15.1.